The molecule has 6 nitrogen and oxygen atoms in total. The summed E-state index contributed by atoms with van der Waals surface area (Å²) < 4.78 is 21.2. The van der Waals surface area contributed by atoms with Gasteiger partial charge in [0.15, 0.2) is 0 Å². The molecular weight excluding hydrogens is 323 g/mol. The van der Waals surface area contributed by atoms with Crippen LogP contribution in [-0.4, -0.2) is 40.8 Å². The molecule has 0 spiro atoms. The lowest BCUT2D eigenvalue weighted by atomic mass is 9.85. The molecule has 1 saturated heterocycles. The van der Waals surface area contributed by atoms with E-state index in [0.29, 0.717) is 25.4 Å². The van der Waals surface area contributed by atoms with E-state index in [1.807, 2.05) is 20.2 Å². The predicted octanol–water partition coefficient (Wildman–Crippen LogP) is 1.49. The second-order valence-corrected chi connectivity index (χ2v) is 6.81. The number of aromatic nitrogens is 2. The summed E-state index contributed by atoms with van der Waals surface area (Å²) in [6.45, 7) is 1.54. The van der Waals surface area contributed by atoms with Crippen LogP contribution in [0, 0.1) is 17.7 Å². The second kappa shape index (κ2) is 6.15. The third-order valence-electron chi connectivity index (χ3n) is 5.31. The van der Waals surface area contributed by atoms with Gasteiger partial charge in [0.1, 0.15) is 11.6 Å². The Kier molecular flexibility index (Phi) is 3.95. The van der Waals surface area contributed by atoms with Gasteiger partial charge in [-0.1, -0.05) is 0 Å². The van der Waals surface area contributed by atoms with Crippen LogP contribution in [0.15, 0.2) is 30.5 Å². The fraction of sp³-hybridized carbons (Fsp3) is 0.444. The average molecular weight is 344 g/mol. The van der Waals surface area contributed by atoms with Crippen molar-refractivity contribution in [3.05, 3.63) is 47.5 Å². The van der Waals surface area contributed by atoms with Gasteiger partial charge in [0.05, 0.1) is 24.8 Å². The van der Waals surface area contributed by atoms with E-state index in [-0.39, 0.29) is 29.6 Å². The molecule has 1 amide bonds. The maximum atomic E-state index is 13.7. The molecule has 1 aromatic carbocycles. The van der Waals surface area contributed by atoms with Crippen LogP contribution in [0.4, 0.5) is 4.39 Å². The molecule has 3 heterocycles. The molecule has 7 heteroatoms. The number of halogens is 1. The van der Waals surface area contributed by atoms with Gasteiger partial charge in [-0.2, -0.15) is 5.10 Å². The number of aryl methyl sites for hydroxylation is 1. The van der Waals surface area contributed by atoms with Crippen LogP contribution in [0.1, 0.15) is 17.3 Å². The maximum Gasteiger partial charge on any atom is 0.225 e. The largest absolute Gasteiger partial charge is 0.493 e. The highest BCUT2D eigenvalue weighted by Gasteiger charge is 2.47. The maximum absolute atomic E-state index is 13.7. The Morgan fingerprint density at radius 3 is 3.00 bits per heavy atom. The van der Waals surface area contributed by atoms with Crippen LogP contribution in [-0.2, 0) is 18.4 Å². The number of rotatable bonds is 3. The van der Waals surface area contributed by atoms with Gasteiger partial charge in [0, 0.05) is 37.3 Å². The highest BCUT2D eigenvalue weighted by atomic mass is 19.1. The number of carbonyl (C=O) groups excluding carboxylic acids is 1. The first-order valence-corrected chi connectivity index (χ1v) is 8.41. The molecule has 4 rings (SSSR count). The first-order valence-electron chi connectivity index (χ1n) is 8.41. The lowest BCUT2D eigenvalue weighted by Gasteiger charge is -2.33. The van der Waals surface area contributed by atoms with Gasteiger partial charge in [-0.15, -0.1) is 0 Å². The molecule has 2 aliphatic rings. The minimum atomic E-state index is -0.277. The SMILES string of the molecule is CN1C[C@@H](C(=O)NCc2ccnn2C)[C@@H]2COc3ccc(F)cc3[C@@H]21. The fourth-order valence-corrected chi connectivity index (χ4v) is 4.01. The number of ether oxygens (including phenoxy) is 1. The van der Waals surface area contributed by atoms with Gasteiger partial charge in [-0.3, -0.25) is 14.4 Å². The van der Waals surface area contributed by atoms with Crippen molar-refractivity contribution in [2.75, 3.05) is 20.2 Å². The molecule has 1 N–H and O–H groups in total. The second-order valence-electron chi connectivity index (χ2n) is 6.81. The van der Waals surface area contributed by atoms with Crippen molar-refractivity contribution in [3.63, 3.8) is 0 Å². The molecule has 0 bridgehead atoms. The molecule has 1 fully saturated rings. The molecule has 0 aliphatic carbocycles. The Bertz CT molecular complexity index is 806. The Hall–Kier alpha value is -2.41. The molecule has 132 valence electrons. The number of amides is 1. The number of nitrogens with zero attached hydrogens (tertiary/aromatic N) is 3. The summed E-state index contributed by atoms with van der Waals surface area (Å²) in [5.74, 6) is 0.278. The van der Waals surface area contributed by atoms with Crippen molar-refractivity contribution < 1.29 is 13.9 Å². The monoisotopic (exact) mass is 344 g/mol. The Balaban J connectivity index is 1.51. The number of likely N-dealkylation sites (tertiary alicyclic amines) is 1. The van der Waals surface area contributed by atoms with Crippen molar-refractivity contribution >= 4 is 5.91 Å². The first-order chi connectivity index (χ1) is 12.0. The summed E-state index contributed by atoms with van der Waals surface area (Å²) >= 11 is 0. The van der Waals surface area contributed by atoms with Crippen molar-refractivity contribution in [2.24, 2.45) is 18.9 Å². The van der Waals surface area contributed by atoms with E-state index in [1.165, 1.54) is 12.1 Å². The van der Waals surface area contributed by atoms with Gasteiger partial charge in [0.2, 0.25) is 5.91 Å². The molecule has 0 saturated carbocycles. The van der Waals surface area contributed by atoms with Crippen LogP contribution in [0.2, 0.25) is 0 Å². The topological polar surface area (TPSA) is 59.4 Å². The number of nitrogens with one attached hydrogen (secondary N) is 1. The van der Waals surface area contributed by atoms with Crippen molar-refractivity contribution in [2.45, 2.75) is 12.6 Å². The summed E-state index contributed by atoms with van der Waals surface area (Å²) in [5, 5.41) is 7.11. The molecule has 1 aromatic heterocycles. The average Bonchev–Trinajstić information content (AvgIpc) is 3.16. The van der Waals surface area contributed by atoms with Crippen LogP contribution in [0.3, 0.4) is 0 Å². The van der Waals surface area contributed by atoms with Gasteiger partial charge in [-0.05, 0) is 31.3 Å². The predicted molar refractivity (Wildman–Crippen MR) is 89.3 cm³/mol. The standard InChI is InChI=1S/C18H21FN4O2/c1-22-9-14(18(24)20-8-12-5-6-21-23(12)2)15-10-25-16-4-3-11(19)7-13(16)17(15)22/h3-7,14-15,17H,8-10H2,1-2H3,(H,20,24)/t14-,15+,17+/m1/s1. The zero-order valence-electron chi connectivity index (χ0n) is 14.3. The van der Waals surface area contributed by atoms with E-state index in [0.717, 1.165) is 11.3 Å². The van der Waals surface area contributed by atoms with Gasteiger partial charge in [-0.25, -0.2) is 4.39 Å². The van der Waals surface area contributed by atoms with Crippen LogP contribution >= 0.6 is 0 Å². The van der Waals surface area contributed by atoms with E-state index in [9.17, 15) is 9.18 Å². The third kappa shape index (κ3) is 2.78. The van der Waals surface area contributed by atoms with Crippen LogP contribution in [0.5, 0.6) is 5.75 Å². The van der Waals surface area contributed by atoms with Gasteiger partial charge >= 0.3 is 0 Å². The molecule has 2 aliphatic heterocycles. The van der Waals surface area contributed by atoms with Gasteiger partial charge in [0.25, 0.3) is 0 Å². The third-order valence-corrected chi connectivity index (χ3v) is 5.31. The molecule has 3 atom stereocenters. The summed E-state index contributed by atoms with van der Waals surface area (Å²) in [7, 11) is 3.83. The number of benzene rings is 1. The van der Waals surface area contributed by atoms with Crippen molar-refractivity contribution in [1.29, 1.82) is 0 Å². The summed E-state index contributed by atoms with van der Waals surface area (Å²) in [6.07, 6.45) is 1.71. The molecular formula is C18H21FN4O2. The summed E-state index contributed by atoms with van der Waals surface area (Å²) in [6, 6.07) is 6.49. The van der Waals surface area contributed by atoms with Gasteiger partial charge < -0.3 is 10.1 Å². The number of hydrogen-bond acceptors (Lipinski definition) is 4. The quantitative estimate of drug-likeness (QED) is 0.916. The lowest BCUT2D eigenvalue weighted by Crippen LogP contribution is -2.38. The van der Waals surface area contributed by atoms with Crippen molar-refractivity contribution in [1.82, 2.24) is 20.0 Å². The van der Waals surface area contributed by atoms with E-state index in [2.05, 4.69) is 15.3 Å². The van der Waals surface area contributed by atoms with Crippen molar-refractivity contribution in [3.8, 4) is 5.75 Å². The molecule has 0 radical (unpaired) electrons. The molecule has 2 aromatic rings. The smallest absolute Gasteiger partial charge is 0.225 e. The Labute approximate surface area is 145 Å². The normalized spacial score (nSPS) is 25.2. The fourth-order valence-electron chi connectivity index (χ4n) is 4.01. The number of fused-ring (bicyclic) bond motifs is 3. The zero-order valence-corrected chi connectivity index (χ0v) is 14.3. The van der Waals surface area contributed by atoms with Crippen LogP contribution in [0.25, 0.3) is 0 Å². The lowest BCUT2D eigenvalue weighted by molar-refractivity contribution is -0.126. The first kappa shape index (κ1) is 16.1. The van der Waals surface area contributed by atoms with E-state index in [4.69, 9.17) is 4.74 Å². The number of hydrogen-bond donors (Lipinski definition) is 1. The highest BCUT2D eigenvalue weighted by Crippen LogP contribution is 2.46. The minimum absolute atomic E-state index is 0.00371. The zero-order chi connectivity index (χ0) is 17.6. The highest BCUT2D eigenvalue weighted by molar-refractivity contribution is 5.80. The Morgan fingerprint density at radius 1 is 1.40 bits per heavy atom. The molecule has 0 unspecified atom stereocenters. The summed E-state index contributed by atoms with van der Waals surface area (Å²) in [5.41, 5.74) is 1.78. The minimum Gasteiger partial charge on any atom is -0.493 e. The molecule has 25 heavy (non-hydrogen) atoms. The van der Waals surface area contributed by atoms with Crippen LogP contribution < -0.4 is 10.1 Å². The summed E-state index contributed by atoms with van der Waals surface area (Å²) in [4.78, 5) is 14.9. The van der Waals surface area contributed by atoms with E-state index in [1.54, 1.807) is 16.9 Å². The Morgan fingerprint density at radius 2 is 2.24 bits per heavy atom. The van der Waals surface area contributed by atoms with E-state index < -0.39 is 0 Å². The van der Waals surface area contributed by atoms with E-state index >= 15 is 0 Å². The number of carbonyl (C=O) groups is 1.